The number of carbonyl (C=O) groups excluding carboxylic acids is 1. The number of pyridine rings is 1. The molecule has 0 aliphatic rings. The van der Waals surface area contributed by atoms with Crippen LogP contribution in [0, 0.1) is 0 Å². The zero-order chi connectivity index (χ0) is 21.2. The van der Waals surface area contributed by atoms with Crippen molar-refractivity contribution in [3.63, 3.8) is 0 Å². The number of amides is 1. The van der Waals surface area contributed by atoms with E-state index in [9.17, 15) is 4.79 Å². The minimum Gasteiger partial charge on any atom is -0.346 e. The summed E-state index contributed by atoms with van der Waals surface area (Å²) in [6.07, 6.45) is 10.2. The largest absolute Gasteiger partial charge is 0.346 e. The molecule has 3 rings (SSSR count). The van der Waals surface area contributed by atoms with Crippen LogP contribution in [0.5, 0.6) is 0 Å². The summed E-state index contributed by atoms with van der Waals surface area (Å²) < 4.78 is 0. The third-order valence-electron chi connectivity index (χ3n) is 5.19. The third-order valence-corrected chi connectivity index (χ3v) is 5.19. The number of nitrogens with zero attached hydrogens (tertiary/aromatic N) is 1. The Kier molecular flexibility index (Phi) is 7.96. The summed E-state index contributed by atoms with van der Waals surface area (Å²) in [6.45, 7) is 4.20. The van der Waals surface area contributed by atoms with Crippen molar-refractivity contribution < 1.29 is 4.79 Å². The van der Waals surface area contributed by atoms with Crippen molar-refractivity contribution in [2.45, 2.75) is 45.6 Å². The van der Waals surface area contributed by atoms with E-state index in [4.69, 9.17) is 0 Å². The lowest BCUT2D eigenvalue weighted by atomic mass is 10.1. The molecule has 2 aromatic carbocycles. The van der Waals surface area contributed by atoms with Crippen molar-refractivity contribution in [2.24, 2.45) is 0 Å². The molecule has 0 spiro atoms. The van der Waals surface area contributed by atoms with Gasteiger partial charge in [0.1, 0.15) is 0 Å². The zero-order valence-corrected chi connectivity index (χ0v) is 17.8. The summed E-state index contributed by atoms with van der Waals surface area (Å²) in [5, 5.41) is 2.99. The Labute approximate surface area is 179 Å². The molecule has 1 amide bonds. The van der Waals surface area contributed by atoms with E-state index >= 15 is 0 Å². The Morgan fingerprint density at radius 2 is 1.77 bits per heavy atom. The normalized spacial score (nSPS) is 12.1. The summed E-state index contributed by atoms with van der Waals surface area (Å²) in [5.74, 6) is -0.101. The molecular weight excluding hydrogens is 368 g/mol. The van der Waals surface area contributed by atoms with E-state index in [1.165, 1.54) is 24.8 Å². The molecule has 154 valence electrons. The van der Waals surface area contributed by atoms with Gasteiger partial charge in [0.15, 0.2) is 0 Å². The van der Waals surface area contributed by atoms with E-state index in [1.807, 2.05) is 73.8 Å². The molecule has 0 aliphatic heterocycles. The van der Waals surface area contributed by atoms with Gasteiger partial charge < -0.3 is 5.32 Å². The van der Waals surface area contributed by atoms with Crippen molar-refractivity contribution in [1.29, 1.82) is 0 Å². The highest BCUT2D eigenvalue weighted by Crippen LogP contribution is 2.19. The van der Waals surface area contributed by atoms with Gasteiger partial charge in [0.25, 0.3) is 0 Å². The highest BCUT2D eigenvalue weighted by molar-refractivity contribution is 5.92. The first-order chi connectivity index (χ1) is 14.7. The molecule has 1 aromatic heterocycles. The molecule has 3 nitrogen and oxygen atoms in total. The molecule has 3 heteroatoms. The summed E-state index contributed by atoms with van der Waals surface area (Å²) in [6, 6.07) is 22.3. The second-order valence-corrected chi connectivity index (χ2v) is 7.61. The van der Waals surface area contributed by atoms with E-state index in [-0.39, 0.29) is 11.9 Å². The Balaban J connectivity index is 1.55. The van der Waals surface area contributed by atoms with Crippen LogP contribution >= 0.6 is 0 Å². The number of hydrogen-bond acceptors (Lipinski definition) is 2. The van der Waals surface area contributed by atoms with E-state index in [2.05, 4.69) is 29.4 Å². The fourth-order valence-corrected chi connectivity index (χ4v) is 3.35. The molecule has 0 saturated carbocycles. The van der Waals surface area contributed by atoms with E-state index in [0.29, 0.717) is 0 Å². The Hall–Kier alpha value is -3.20. The Bertz CT molecular complexity index is 944. The molecule has 0 saturated heterocycles. The van der Waals surface area contributed by atoms with Gasteiger partial charge in [0, 0.05) is 17.8 Å². The van der Waals surface area contributed by atoms with Crippen LogP contribution in [0.4, 0.5) is 0 Å². The van der Waals surface area contributed by atoms with Crippen molar-refractivity contribution >= 4 is 12.0 Å². The van der Waals surface area contributed by atoms with Gasteiger partial charge in [-0.3, -0.25) is 9.78 Å². The minimum absolute atomic E-state index is 0.0262. The maximum Gasteiger partial charge on any atom is 0.244 e. The first kappa shape index (κ1) is 21.5. The molecule has 0 aliphatic carbocycles. The molecule has 0 radical (unpaired) electrons. The second-order valence-electron chi connectivity index (χ2n) is 7.61. The average Bonchev–Trinajstić information content (AvgIpc) is 2.79. The average molecular weight is 399 g/mol. The lowest BCUT2D eigenvalue weighted by Crippen LogP contribution is -2.24. The number of nitrogens with one attached hydrogen (secondary N) is 1. The minimum atomic E-state index is -0.101. The van der Waals surface area contributed by atoms with Gasteiger partial charge in [0.2, 0.25) is 5.91 Å². The number of benzene rings is 2. The molecule has 30 heavy (non-hydrogen) atoms. The SMILES string of the molecule is CCCCCc1ccc(-c2ccc(/C=C/C(=O)N[C@@H](C)c3ccccc3)cc2)nc1. The van der Waals surface area contributed by atoms with E-state index < -0.39 is 0 Å². The summed E-state index contributed by atoms with van der Waals surface area (Å²) in [4.78, 5) is 16.8. The van der Waals surface area contributed by atoms with Crippen LogP contribution in [0.15, 0.2) is 79.0 Å². The van der Waals surface area contributed by atoms with Crippen LogP contribution in [0.25, 0.3) is 17.3 Å². The highest BCUT2D eigenvalue weighted by Gasteiger charge is 2.06. The summed E-state index contributed by atoms with van der Waals surface area (Å²) >= 11 is 0. The smallest absolute Gasteiger partial charge is 0.244 e. The van der Waals surface area contributed by atoms with Gasteiger partial charge in [0.05, 0.1) is 11.7 Å². The number of aryl methyl sites for hydroxylation is 1. The molecule has 1 atom stereocenters. The fraction of sp³-hybridized carbons (Fsp3) is 0.259. The van der Waals surface area contributed by atoms with Crippen LogP contribution in [-0.4, -0.2) is 10.9 Å². The fourth-order valence-electron chi connectivity index (χ4n) is 3.35. The summed E-state index contributed by atoms with van der Waals surface area (Å²) in [7, 11) is 0. The molecule has 1 heterocycles. The maximum atomic E-state index is 12.2. The van der Waals surface area contributed by atoms with Gasteiger partial charge >= 0.3 is 0 Å². The first-order valence-corrected chi connectivity index (χ1v) is 10.7. The second kappa shape index (κ2) is 11.1. The molecule has 1 N–H and O–H groups in total. The first-order valence-electron chi connectivity index (χ1n) is 10.7. The molecule has 0 fully saturated rings. The van der Waals surface area contributed by atoms with Crippen LogP contribution in [-0.2, 0) is 11.2 Å². The lowest BCUT2D eigenvalue weighted by molar-refractivity contribution is -0.117. The standard InChI is InChI=1S/C27H30N2O/c1-3-4-6-9-23-14-18-26(28-20-23)25-16-12-22(13-17-25)15-19-27(30)29-21(2)24-10-7-5-8-11-24/h5,7-8,10-21H,3-4,6,9H2,1-2H3,(H,29,30)/b19-15+/t21-/m0/s1. The predicted octanol–water partition coefficient (Wildman–Crippen LogP) is 6.37. The van der Waals surface area contributed by atoms with Crippen LogP contribution < -0.4 is 5.32 Å². The number of rotatable bonds is 9. The van der Waals surface area contributed by atoms with Gasteiger partial charge in [-0.1, -0.05) is 80.4 Å². The van der Waals surface area contributed by atoms with Gasteiger partial charge in [-0.2, -0.15) is 0 Å². The number of hydrogen-bond donors (Lipinski definition) is 1. The lowest BCUT2D eigenvalue weighted by Gasteiger charge is -2.12. The van der Waals surface area contributed by atoms with Crippen LogP contribution in [0.1, 0.15) is 55.8 Å². The van der Waals surface area contributed by atoms with Crippen LogP contribution in [0.2, 0.25) is 0 Å². The molecule has 0 unspecified atom stereocenters. The third kappa shape index (κ3) is 6.41. The zero-order valence-electron chi connectivity index (χ0n) is 17.8. The molecular formula is C27H30N2O. The van der Waals surface area contributed by atoms with E-state index in [0.717, 1.165) is 28.8 Å². The number of unbranched alkanes of at least 4 members (excludes halogenated alkanes) is 2. The molecule has 0 bridgehead atoms. The van der Waals surface area contributed by atoms with Gasteiger partial charge in [-0.05, 0) is 48.6 Å². The summed E-state index contributed by atoms with van der Waals surface area (Å²) in [5.41, 5.74) is 5.42. The monoisotopic (exact) mass is 398 g/mol. The quantitative estimate of drug-likeness (QED) is 0.336. The maximum absolute atomic E-state index is 12.2. The number of carbonyl (C=O) groups is 1. The van der Waals surface area contributed by atoms with Crippen molar-refractivity contribution in [3.05, 3.63) is 95.7 Å². The Morgan fingerprint density at radius 1 is 1.00 bits per heavy atom. The molecule has 3 aromatic rings. The van der Waals surface area contributed by atoms with Crippen molar-refractivity contribution in [2.75, 3.05) is 0 Å². The van der Waals surface area contributed by atoms with Crippen LogP contribution in [0.3, 0.4) is 0 Å². The van der Waals surface area contributed by atoms with Crippen molar-refractivity contribution in [3.8, 4) is 11.3 Å². The highest BCUT2D eigenvalue weighted by atomic mass is 16.1. The topological polar surface area (TPSA) is 42.0 Å². The Morgan fingerprint density at radius 3 is 2.43 bits per heavy atom. The van der Waals surface area contributed by atoms with Gasteiger partial charge in [-0.25, -0.2) is 0 Å². The number of aromatic nitrogens is 1. The van der Waals surface area contributed by atoms with Gasteiger partial charge in [-0.15, -0.1) is 0 Å². The van der Waals surface area contributed by atoms with Crippen molar-refractivity contribution in [1.82, 2.24) is 10.3 Å². The van der Waals surface area contributed by atoms with E-state index in [1.54, 1.807) is 6.08 Å². The predicted molar refractivity (Wildman–Crippen MR) is 125 cm³/mol.